The number of nitrogens with zero attached hydrogens (tertiary/aromatic N) is 1. The maximum atomic E-state index is 3.22. The van der Waals surface area contributed by atoms with E-state index in [-0.39, 0.29) is 0 Å². The van der Waals surface area contributed by atoms with Crippen LogP contribution in [0.5, 0.6) is 0 Å². The van der Waals surface area contributed by atoms with Gasteiger partial charge in [-0.1, -0.05) is 13.8 Å². The van der Waals surface area contributed by atoms with E-state index < -0.39 is 0 Å². The molecule has 0 atom stereocenters. The van der Waals surface area contributed by atoms with Crippen molar-refractivity contribution >= 4 is 7.55 Å². The van der Waals surface area contributed by atoms with Crippen molar-refractivity contribution in [2.75, 3.05) is 20.1 Å². The molecule has 0 aromatic heterocycles. The molecule has 0 aliphatic heterocycles. The van der Waals surface area contributed by atoms with E-state index >= 15 is 0 Å². The first-order valence-electron chi connectivity index (χ1n) is 4.08. The average molecular weight is 141 g/mol. The number of rotatable bonds is 6. The molecule has 0 aromatic carbocycles. The molecule has 2 nitrogen and oxygen atoms in total. The van der Waals surface area contributed by atoms with Gasteiger partial charge in [-0.3, -0.25) is 0 Å². The summed E-state index contributed by atoms with van der Waals surface area (Å²) in [5.74, 6) is 0. The Morgan fingerprint density at radius 1 is 1.30 bits per heavy atom. The van der Waals surface area contributed by atoms with Crippen molar-refractivity contribution in [3.63, 3.8) is 0 Å². The van der Waals surface area contributed by atoms with Gasteiger partial charge >= 0.3 is 7.55 Å². The SMILES string of the molecule is CCCN[B]N(C)CCC. The van der Waals surface area contributed by atoms with E-state index in [9.17, 15) is 0 Å². The predicted molar refractivity (Wildman–Crippen MR) is 47.0 cm³/mol. The van der Waals surface area contributed by atoms with Crippen molar-refractivity contribution in [1.82, 2.24) is 10.0 Å². The van der Waals surface area contributed by atoms with Gasteiger partial charge in [0.05, 0.1) is 0 Å². The minimum absolute atomic E-state index is 1.08. The van der Waals surface area contributed by atoms with Crippen LogP contribution in [0.2, 0.25) is 0 Å². The lowest BCUT2D eigenvalue weighted by atomic mass is 10.1. The van der Waals surface area contributed by atoms with E-state index in [1.54, 1.807) is 0 Å². The smallest absolute Gasteiger partial charge is 0.310 e. The first-order chi connectivity index (χ1) is 4.81. The standard InChI is InChI=1S/C7H18BN2/c1-4-6-9-8-10(3)7-5-2/h9H,4-7H2,1-3H3. The summed E-state index contributed by atoms with van der Waals surface area (Å²) < 4.78 is 0. The van der Waals surface area contributed by atoms with Crippen LogP contribution in [-0.2, 0) is 0 Å². The third kappa shape index (κ3) is 6.11. The minimum atomic E-state index is 1.08. The number of nitrogens with one attached hydrogen (secondary N) is 1. The number of hydrogen-bond donors (Lipinski definition) is 1. The first kappa shape index (κ1) is 9.98. The van der Waals surface area contributed by atoms with Gasteiger partial charge in [0.15, 0.2) is 0 Å². The van der Waals surface area contributed by atoms with Crippen LogP contribution in [0, 0.1) is 0 Å². The predicted octanol–water partition coefficient (Wildman–Crippen LogP) is 0.862. The fourth-order valence-electron chi connectivity index (χ4n) is 0.782. The van der Waals surface area contributed by atoms with E-state index in [0.29, 0.717) is 0 Å². The second kappa shape index (κ2) is 7.10. The third-order valence-corrected chi connectivity index (χ3v) is 1.28. The molecule has 3 heteroatoms. The van der Waals surface area contributed by atoms with E-state index in [2.05, 4.69) is 30.9 Å². The molecule has 0 heterocycles. The van der Waals surface area contributed by atoms with E-state index in [0.717, 1.165) is 13.1 Å². The molecule has 0 aromatic rings. The van der Waals surface area contributed by atoms with E-state index in [1.807, 2.05) is 7.55 Å². The van der Waals surface area contributed by atoms with Crippen LogP contribution in [0.3, 0.4) is 0 Å². The number of hydrogen-bond acceptors (Lipinski definition) is 2. The summed E-state index contributed by atoms with van der Waals surface area (Å²) in [6.45, 7) is 6.57. The molecule has 1 radical (unpaired) electrons. The fraction of sp³-hybridized carbons (Fsp3) is 1.00. The summed E-state index contributed by atoms with van der Waals surface area (Å²) in [7, 11) is 4.14. The van der Waals surface area contributed by atoms with Gasteiger partial charge in [0.25, 0.3) is 0 Å². The molecular formula is C7H18BN2. The molecule has 0 aliphatic rings. The Hall–Kier alpha value is -0.0151. The van der Waals surface area contributed by atoms with Gasteiger partial charge in [-0.25, -0.2) is 0 Å². The van der Waals surface area contributed by atoms with Gasteiger partial charge in [-0.05, 0) is 33.0 Å². The molecule has 0 spiro atoms. The van der Waals surface area contributed by atoms with Crippen molar-refractivity contribution in [2.45, 2.75) is 26.7 Å². The highest BCUT2D eigenvalue weighted by atomic mass is 15.1. The molecule has 0 saturated carbocycles. The van der Waals surface area contributed by atoms with Crippen LogP contribution >= 0.6 is 0 Å². The zero-order valence-corrected chi connectivity index (χ0v) is 7.35. The van der Waals surface area contributed by atoms with Crippen molar-refractivity contribution < 1.29 is 0 Å². The Kier molecular flexibility index (Phi) is 7.09. The van der Waals surface area contributed by atoms with Crippen molar-refractivity contribution in [3.8, 4) is 0 Å². The molecule has 0 aliphatic carbocycles. The Morgan fingerprint density at radius 3 is 2.50 bits per heavy atom. The van der Waals surface area contributed by atoms with Crippen LogP contribution in [0.15, 0.2) is 0 Å². The van der Waals surface area contributed by atoms with Gasteiger partial charge in [0.2, 0.25) is 0 Å². The Bertz CT molecular complexity index is 68.6. The van der Waals surface area contributed by atoms with Gasteiger partial charge in [0.1, 0.15) is 0 Å². The zero-order valence-electron chi connectivity index (χ0n) is 7.35. The highest BCUT2D eigenvalue weighted by Crippen LogP contribution is 1.80. The summed E-state index contributed by atoms with van der Waals surface area (Å²) >= 11 is 0. The maximum Gasteiger partial charge on any atom is 0.310 e. The largest absolute Gasteiger partial charge is 0.346 e. The fourth-order valence-corrected chi connectivity index (χ4v) is 0.782. The summed E-state index contributed by atoms with van der Waals surface area (Å²) in [4.78, 5) is 2.18. The van der Waals surface area contributed by atoms with Gasteiger partial charge < -0.3 is 10.0 Å². The molecule has 1 N–H and O–H groups in total. The highest BCUT2D eigenvalue weighted by molar-refractivity contribution is 6.28. The van der Waals surface area contributed by atoms with Crippen molar-refractivity contribution in [2.24, 2.45) is 0 Å². The molecule has 0 fully saturated rings. The zero-order chi connectivity index (χ0) is 7.82. The van der Waals surface area contributed by atoms with Gasteiger partial charge in [0, 0.05) is 0 Å². The summed E-state index contributed by atoms with van der Waals surface area (Å²) in [5, 5.41) is 3.22. The monoisotopic (exact) mass is 141 g/mol. The first-order valence-corrected chi connectivity index (χ1v) is 4.08. The third-order valence-electron chi connectivity index (χ3n) is 1.28. The Labute approximate surface area is 65.3 Å². The lowest BCUT2D eigenvalue weighted by Gasteiger charge is -2.13. The van der Waals surface area contributed by atoms with E-state index in [1.165, 1.54) is 12.8 Å². The second-order valence-corrected chi connectivity index (χ2v) is 2.56. The lowest BCUT2D eigenvalue weighted by Crippen LogP contribution is -2.36. The molecule has 0 unspecified atom stereocenters. The summed E-state index contributed by atoms with van der Waals surface area (Å²) in [5.41, 5.74) is 0. The molecule has 0 rings (SSSR count). The summed E-state index contributed by atoms with van der Waals surface area (Å²) in [6.07, 6.45) is 2.40. The quantitative estimate of drug-likeness (QED) is 0.436. The average Bonchev–Trinajstić information content (AvgIpc) is 1.89. The maximum absolute atomic E-state index is 3.22. The lowest BCUT2D eigenvalue weighted by molar-refractivity contribution is 0.517. The van der Waals surface area contributed by atoms with Crippen LogP contribution in [-0.4, -0.2) is 32.5 Å². The Balaban J connectivity index is 2.97. The molecule has 59 valence electrons. The van der Waals surface area contributed by atoms with Crippen LogP contribution in [0.1, 0.15) is 26.7 Å². The van der Waals surface area contributed by atoms with Crippen LogP contribution < -0.4 is 5.23 Å². The minimum Gasteiger partial charge on any atom is -0.346 e. The van der Waals surface area contributed by atoms with Crippen LogP contribution in [0.4, 0.5) is 0 Å². The molecule has 0 amide bonds. The molecule has 0 saturated heterocycles. The molecule has 0 bridgehead atoms. The summed E-state index contributed by atoms with van der Waals surface area (Å²) in [6, 6.07) is 0. The molecular weight excluding hydrogens is 123 g/mol. The topological polar surface area (TPSA) is 15.3 Å². The highest BCUT2D eigenvalue weighted by Gasteiger charge is 1.96. The Morgan fingerprint density at radius 2 is 2.00 bits per heavy atom. The van der Waals surface area contributed by atoms with E-state index in [4.69, 9.17) is 0 Å². The molecule has 10 heavy (non-hydrogen) atoms. The van der Waals surface area contributed by atoms with Crippen molar-refractivity contribution in [3.05, 3.63) is 0 Å². The normalized spacial score (nSPS) is 10.4. The van der Waals surface area contributed by atoms with Gasteiger partial charge in [-0.2, -0.15) is 0 Å². The van der Waals surface area contributed by atoms with Gasteiger partial charge in [-0.15, -0.1) is 0 Å². The second-order valence-electron chi connectivity index (χ2n) is 2.56. The van der Waals surface area contributed by atoms with Crippen molar-refractivity contribution in [1.29, 1.82) is 0 Å². The van der Waals surface area contributed by atoms with Crippen LogP contribution in [0.25, 0.3) is 0 Å².